The van der Waals surface area contributed by atoms with Gasteiger partial charge in [0.05, 0.1) is 18.6 Å². The molecule has 1 heterocycles. The van der Waals surface area contributed by atoms with E-state index in [0.717, 1.165) is 44.9 Å². The molecule has 1 saturated heterocycles. The predicted molar refractivity (Wildman–Crippen MR) is 84.3 cm³/mol. The van der Waals surface area contributed by atoms with Gasteiger partial charge in [-0.15, -0.1) is 0 Å². The molecule has 4 aliphatic rings. The van der Waals surface area contributed by atoms with E-state index in [1.807, 2.05) is 0 Å². The lowest BCUT2D eigenvalue weighted by Gasteiger charge is -2.46. The largest absolute Gasteiger partial charge is 0.344 e. The summed E-state index contributed by atoms with van der Waals surface area (Å²) in [4.78, 5) is 13.2. The van der Waals surface area contributed by atoms with Gasteiger partial charge < -0.3 is 9.47 Å². The van der Waals surface area contributed by atoms with E-state index in [-0.39, 0.29) is 11.3 Å². The highest BCUT2D eigenvalue weighted by Gasteiger charge is 2.54. The van der Waals surface area contributed by atoms with Crippen LogP contribution in [-0.4, -0.2) is 24.8 Å². The molecule has 120 valence electrons. The molecule has 3 fully saturated rings. The van der Waals surface area contributed by atoms with Crippen LogP contribution in [0.1, 0.15) is 58.8 Å². The number of Topliss-reactive ketones (excluding diaryl/α,β-unsaturated/α-hetero) is 1. The zero-order valence-electron chi connectivity index (χ0n) is 13.7. The number of hydrogen-bond acceptors (Lipinski definition) is 3. The van der Waals surface area contributed by atoms with Crippen molar-refractivity contribution < 1.29 is 14.3 Å². The maximum atomic E-state index is 13.2. The van der Waals surface area contributed by atoms with Crippen LogP contribution in [0.4, 0.5) is 0 Å². The molecule has 3 aliphatic carbocycles. The summed E-state index contributed by atoms with van der Waals surface area (Å²) in [5.74, 6) is 0.257. The van der Waals surface area contributed by atoms with Gasteiger partial charge in [0.1, 0.15) is 5.78 Å². The number of rotatable bonds is 0. The van der Waals surface area contributed by atoms with E-state index in [1.165, 1.54) is 16.7 Å². The summed E-state index contributed by atoms with van der Waals surface area (Å²) in [7, 11) is 0. The molecule has 0 aromatic rings. The van der Waals surface area contributed by atoms with Crippen LogP contribution < -0.4 is 0 Å². The maximum absolute atomic E-state index is 13.2. The predicted octanol–water partition coefficient (Wildman–Crippen LogP) is 3.94. The summed E-state index contributed by atoms with van der Waals surface area (Å²) >= 11 is 0. The fourth-order valence-corrected chi connectivity index (χ4v) is 4.96. The molecular formula is C19H26O3. The summed E-state index contributed by atoms with van der Waals surface area (Å²) in [6.07, 6.45) is 9.05. The van der Waals surface area contributed by atoms with Crippen LogP contribution in [0.25, 0.3) is 0 Å². The topological polar surface area (TPSA) is 35.5 Å². The molecule has 2 unspecified atom stereocenters. The first-order valence-electron chi connectivity index (χ1n) is 8.74. The normalized spacial score (nSPS) is 36.8. The van der Waals surface area contributed by atoms with E-state index in [9.17, 15) is 4.79 Å². The van der Waals surface area contributed by atoms with Gasteiger partial charge in [-0.2, -0.15) is 0 Å². The van der Waals surface area contributed by atoms with Gasteiger partial charge in [-0.1, -0.05) is 16.7 Å². The minimum atomic E-state index is -0.523. The fourth-order valence-electron chi connectivity index (χ4n) is 4.96. The van der Waals surface area contributed by atoms with Crippen LogP contribution in [0.5, 0.6) is 0 Å². The summed E-state index contributed by atoms with van der Waals surface area (Å²) < 4.78 is 11.8. The van der Waals surface area contributed by atoms with Gasteiger partial charge in [0.2, 0.25) is 0 Å². The summed E-state index contributed by atoms with van der Waals surface area (Å²) in [6, 6.07) is 0. The second-order valence-electron chi connectivity index (χ2n) is 7.68. The number of allylic oxidation sites excluding steroid dienone is 3. The Morgan fingerprint density at radius 1 is 1.14 bits per heavy atom. The van der Waals surface area contributed by atoms with Crippen LogP contribution in [0.15, 0.2) is 22.8 Å². The third-order valence-corrected chi connectivity index (χ3v) is 6.31. The molecule has 2 saturated carbocycles. The van der Waals surface area contributed by atoms with Gasteiger partial charge in [-0.3, -0.25) is 4.79 Å². The average molecular weight is 302 g/mol. The quantitative estimate of drug-likeness (QED) is 0.636. The van der Waals surface area contributed by atoms with E-state index in [4.69, 9.17) is 9.47 Å². The first-order chi connectivity index (χ1) is 10.5. The van der Waals surface area contributed by atoms with Gasteiger partial charge >= 0.3 is 0 Å². The van der Waals surface area contributed by atoms with Crippen LogP contribution in [0.3, 0.4) is 0 Å². The zero-order chi connectivity index (χ0) is 15.4. The standard InChI is InChI=1S/C19H26O3/c1-13(2)15-4-3-14-5-6-16-12-19(21-9-10-22-19)8-7-18(16,11-15)17(14)20/h12,14H,3-11H2,1-2H3. The lowest BCUT2D eigenvalue weighted by molar-refractivity contribution is -0.147. The molecule has 2 spiro atoms. The molecule has 22 heavy (non-hydrogen) atoms. The van der Waals surface area contributed by atoms with Crippen molar-refractivity contribution in [3.05, 3.63) is 22.8 Å². The molecule has 2 atom stereocenters. The molecular weight excluding hydrogens is 276 g/mol. The highest BCUT2D eigenvalue weighted by Crippen LogP contribution is 2.56. The Balaban J connectivity index is 1.78. The fraction of sp³-hybridized carbons (Fsp3) is 0.737. The Labute approximate surface area is 132 Å². The molecule has 4 rings (SSSR count). The van der Waals surface area contributed by atoms with Crippen LogP contribution in [-0.2, 0) is 14.3 Å². The van der Waals surface area contributed by atoms with Crippen LogP contribution in [0, 0.1) is 11.3 Å². The van der Waals surface area contributed by atoms with Gasteiger partial charge in [-0.25, -0.2) is 0 Å². The van der Waals surface area contributed by atoms with Crippen molar-refractivity contribution >= 4 is 5.78 Å². The van der Waals surface area contributed by atoms with E-state index in [2.05, 4.69) is 19.9 Å². The Kier molecular flexibility index (Phi) is 3.35. The maximum Gasteiger partial charge on any atom is 0.188 e. The minimum absolute atomic E-state index is 0.243. The highest BCUT2D eigenvalue weighted by atomic mass is 16.7. The highest BCUT2D eigenvalue weighted by molar-refractivity contribution is 5.92. The van der Waals surface area contributed by atoms with Crippen molar-refractivity contribution in [1.29, 1.82) is 0 Å². The average Bonchev–Trinajstić information content (AvgIpc) is 2.92. The molecule has 0 aromatic carbocycles. The number of hydrogen-bond donors (Lipinski definition) is 0. The number of carbonyl (C=O) groups excluding carboxylic acids is 1. The van der Waals surface area contributed by atoms with E-state index in [0.29, 0.717) is 19.0 Å². The third kappa shape index (κ3) is 2.05. The molecule has 0 N–H and O–H groups in total. The molecule has 0 radical (unpaired) electrons. The first kappa shape index (κ1) is 14.6. The lowest BCUT2D eigenvalue weighted by atomic mass is 9.59. The molecule has 0 aromatic heterocycles. The van der Waals surface area contributed by atoms with Crippen molar-refractivity contribution in [3.8, 4) is 0 Å². The van der Waals surface area contributed by atoms with Crippen molar-refractivity contribution in [2.45, 2.75) is 64.6 Å². The monoisotopic (exact) mass is 302 g/mol. The van der Waals surface area contributed by atoms with Crippen LogP contribution >= 0.6 is 0 Å². The molecule has 3 heteroatoms. The lowest BCUT2D eigenvalue weighted by Crippen LogP contribution is -2.47. The Hall–Kier alpha value is -0.930. The second-order valence-corrected chi connectivity index (χ2v) is 7.68. The van der Waals surface area contributed by atoms with Gasteiger partial charge in [0, 0.05) is 12.3 Å². The third-order valence-electron chi connectivity index (χ3n) is 6.31. The first-order valence-corrected chi connectivity index (χ1v) is 8.74. The molecule has 0 amide bonds. The Bertz CT molecular complexity index is 561. The Morgan fingerprint density at radius 2 is 1.86 bits per heavy atom. The van der Waals surface area contributed by atoms with E-state index < -0.39 is 5.79 Å². The number of fused-ring (bicyclic) bond motifs is 1. The van der Waals surface area contributed by atoms with Crippen molar-refractivity contribution in [2.24, 2.45) is 11.3 Å². The smallest absolute Gasteiger partial charge is 0.188 e. The molecule has 2 bridgehead atoms. The summed E-state index contributed by atoms with van der Waals surface area (Å²) in [6.45, 7) is 5.74. The van der Waals surface area contributed by atoms with Crippen molar-refractivity contribution in [2.75, 3.05) is 13.2 Å². The molecule has 1 aliphatic heterocycles. The van der Waals surface area contributed by atoms with Gasteiger partial charge in [0.15, 0.2) is 5.79 Å². The number of ether oxygens (including phenoxy) is 2. The van der Waals surface area contributed by atoms with Crippen molar-refractivity contribution in [3.63, 3.8) is 0 Å². The van der Waals surface area contributed by atoms with E-state index >= 15 is 0 Å². The molecule has 3 nitrogen and oxygen atoms in total. The second kappa shape index (κ2) is 5.04. The number of ketones is 1. The number of carbonyl (C=O) groups is 1. The Morgan fingerprint density at radius 3 is 2.59 bits per heavy atom. The van der Waals surface area contributed by atoms with Gasteiger partial charge in [0.25, 0.3) is 0 Å². The zero-order valence-corrected chi connectivity index (χ0v) is 13.7. The SMILES string of the molecule is CC(C)=C1CCC2CCC3=CC4(CCC3(C1)C2=O)OCCO4. The summed E-state index contributed by atoms with van der Waals surface area (Å²) in [5.41, 5.74) is 3.98. The van der Waals surface area contributed by atoms with Gasteiger partial charge in [-0.05, 0) is 58.4 Å². The minimum Gasteiger partial charge on any atom is -0.344 e. The summed E-state index contributed by atoms with van der Waals surface area (Å²) in [5, 5.41) is 0. The van der Waals surface area contributed by atoms with E-state index in [1.54, 1.807) is 0 Å². The van der Waals surface area contributed by atoms with Crippen LogP contribution in [0.2, 0.25) is 0 Å². The van der Waals surface area contributed by atoms with Crippen molar-refractivity contribution in [1.82, 2.24) is 0 Å².